The highest BCUT2D eigenvalue weighted by Crippen LogP contribution is 2.27. The fourth-order valence-electron chi connectivity index (χ4n) is 3.46. The van der Waals surface area contributed by atoms with Crippen LogP contribution in [0, 0.1) is 23.0 Å². The van der Waals surface area contributed by atoms with Crippen LogP contribution in [0.4, 0.5) is 11.4 Å². The predicted molar refractivity (Wildman–Crippen MR) is 114 cm³/mol. The van der Waals surface area contributed by atoms with Gasteiger partial charge in [0.1, 0.15) is 0 Å². The van der Waals surface area contributed by atoms with Gasteiger partial charge in [-0.3, -0.25) is 19.7 Å². The van der Waals surface area contributed by atoms with E-state index in [0.717, 1.165) is 0 Å². The summed E-state index contributed by atoms with van der Waals surface area (Å²) in [6, 6.07) is 10.1. The van der Waals surface area contributed by atoms with Gasteiger partial charge < -0.3 is 5.32 Å². The topological polar surface area (TPSA) is 127 Å². The maximum absolute atomic E-state index is 12.9. The third kappa shape index (κ3) is 4.97. The minimum Gasteiger partial charge on any atom is -0.325 e. The molecule has 31 heavy (non-hydrogen) atoms. The molecule has 2 aromatic rings. The SMILES string of the molecule is CC(=O)c1ccc(S(=O)(=O)N2CCC(C(=O)Nc3cc([N+](=O)[O-])ccc3C)CC2)cc1. The van der Waals surface area contributed by atoms with Crippen LogP contribution in [0.1, 0.15) is 35.7 Å². The van der Waals surface area contributed by atoms with Crippen LogP contribution in [0.3, 0.4) is 0 Å². The third-order valence-electron chi connectivity index (χ3n) is 5.41. The number of nitrogens with one attached hydrogen (secondary N) is 1. The fraction of sp³-hybridized carbons (Fsp3) is 0.333. The van der Waals surface area contributed by atoms with Crippen molar-refractivity contribution in [1.82, 2.24) is 4.31 Å². The first kappa shape index (κ1) is 22.6. The Morgan fingerprint density at radius 2 is 1.71 bits per heavy atom. The van der Waals surface area contributed by atoms with E-state index in [-0.39, 0.29) is 35.4 Å². The fourth-order valence-corrected chi connectivity index (χ4v) is 4.93. The molecule has 0 aromatic heterocycles. The van der Waals surface area contributed by atoms with Gasteiger partial charge in [0, 0.05) is 36.7 Å². The van der Waals surface area contributed by atoms with Gasteiger partial charge in [0.05, 0.1) is 15.5 Å². The van der Waals surface area contributed by atoms with Crippen LogP contribution in [0.5, 0.6) is 0 Å². The van der Waals surface area contributed by atoms with E-state index in [1.54, 1.807) is 13.0 Å². The molecule has 164 valence electrons. The number of amides is 1. The Hall–Kier alpha value is -3.11. The maximum Gasteiger partial charge on any atom is 0.271 e. The Labute approximate surface area is 180 Å². The molecule has 1 saturated heterocycles. The number of non-ortho nitro benzene ring substituents is 1. The summed E-state index contributed by atoms with van der Waals surface area (Å²) in [7, 11) is -3.72. The molecule has 1 N–H and O–H groups in total. The quantitative estimate of drug-likeness (QED) is 0.413. The molecule has 0 aliphatic carbocycles. The van der Waals surface area contributed by atoms with E-state index in [0.29, 0.717) is 29.7 Å². The van der Waals surface area contributed by atoms with E-state index in [9.17, 15) is 28.1 Å². The zero-order chi connectivity index (χ0) is 22.8. The van der Waals surface area contributed by atoms with Gasteiger partial charge in [-0.2, -0.15) is 4.31 Å². The largest absolute Gasteiger partial charge is 0.325 e. The molecule has 1 aliphatic rings. The molecule has 0 spiro atoms. The minimum absolute atomic E-state index is 0.104. The number of sulfonamides is 1. The molecule has 2 aromatic carbocycles. The standard InChI is InChI=1S/C21H23N3O6S/c1-14-3-6-18(24(27)28)13-20(14)22-21(26)17-9-11-23(12-10-17)31(29,30)19-7-4-16(5-8-19)15(2)25/h3-8,13,17H,9-12H2,1-2H3,(H,22,26). The van der Waals surface area contributed by atoms with Crippen molar-refractivity contribution < 1.29 is 22.9 Å². The lowest BCUT2D eigenvalue weighted by Gasteiger charge is -2.30. The van der Waals surface area contributed by atoms with Crippen LogP contribution in [0.15, 0.2) is 47.4 Å². The number of nitrogens with zero attached hydrogens (tertiary/aromatic N) is 2. The van der Waals surface area contributed by atoms with Gasteiger partial charge in [0.15, 0.2) is 5.78 Å². The monoisotopic (exact) mass is 445 g/mol. The van der Waals surface area contributed by atoms with Gasteiger partial charge in [-0.1, -0.05) is 18.2 Å². The Morgan fingerprint density at radius 3 is 2.26 bits per heavy atom. The number of benzene rings is 2. The Kier molecular flexibility index (Phi) is 6.51. The number of ketones is 1. The molecule has 0 saturated carbocycles. The number of nitro benzene ring substituents is 1. The third-order valence-corrected chi connectivity index (χ3v) is 7.33. The van der Waals surface area contributed by atoms with E-state index >= 15 is 0 Å². The lowest BCUT2D eigenvalue weighted by Crippen LogP contribution is -2.41. The van der Waals surface area contributed by atoms with E-state index in [1.807, 2.05) is 0 Å². The van der Waals surface area contributed by atoms with Crippen molar-refractivity contribution >= 4 is 33.1 Å². The van der Waals surface area contributed by atoms with Crippen LogP contribution in [-0.4, -0.2) is 42.4 Å². The number of rotatable bonds is 6. The first-order chi connectivity index (χ1) is 14.6. The number of Topliss-reactive ketones (excluding diaryl/α,β-unsaturated/α-hetero) is 1. The number of carbonyl (C=O) groups is 2. The molecule has 9 nitrogen and oxygen atoms in total. The summed E-state index contributed by atoms with van der Waals surface area (Å²) in [4.78, 5) is 34.6. The summed E-state index contributed by atoms with van der Waals surface area (Å²) in [6.45, 7) is 3.52. The van der Waals surface area contributed by atoms with Gasteiger partial charge in [0.2, 0.25) is 15.9 Å². The van der Waals surface area contributed by atoms with Crippen LogP contribution >= 0.6 is 0 Å². The number of anilines is 1. The summed E-state index contributed by atoms with van der Waals surface area (Å²) in [5.41, 5.74) is 1.40. The van der Waals surface area contributed by atoms with Crippen LogP contribution < -0.4 is 5.32 Å². The number of nitro groups is 1. The molecule has 3 rings (SSSR count). The van der Waals surface area contributed by atoms with E-state index < -0.39 is 20.9 Å². The zero-order valence-corrected chi connectivity index (χ0v) is 18.0. The lowest BCUT2D eigenvalue weighted by molar-refractivity contribution is -0.384. The highest BCUT2D eigenvalue weighted by molar-refractivity contribution is 7.89. The molecular weight excluding hydrogens is 422 g/mol. The normalized spacial score (nSPS) is 15.4. The summed E-state index contributed by atoms with van der Waals surface area (Å²) in [6.07, 6.45) is 0.676. The van der Waals surface area contributed by atoms with Crippen LogP contribution in [0.2, 0.25) is 0 Å². The Balaban J connectivity index is 1.65. The number of hydrogen-bond donors (Lipinski definition) is 1. The van der Waals surface area contributed by atoms with Gasteiger partial charge in [0.25, 0.3) is 5.69 Å². The molecular formula is C21H23N3O6S. The van der Waals surface area contributed by atoms with Crippen molar-refractivity contribution in [3.05, 3.63) is 63.7 Å². The molecule has 0 bridgehead atoms. The van der Waals surface area contributed by atoms with Gasteiger partial charge in [-0.15, -0.1) is 0 Å². The average molecular weight is 445 g/mol. The van der Waals surface area contributed by atoms with Crippen molar-refractivity contribution in [2.75, 3.05) is 18.4 Å². The molecule has 10 heteroatoms. The number of hydrogen-bond acceptors (Lipinski definition) is 6. The first-order valence-corrected chi connectivity index (χ1v) is 11.2. The van der Waals surface area contributed by atoms with E-state index in [1.165, 1.54) is 47.6 Å². The average Bonchev–Trinajstić information content (AvgIpc) is 2.75. The predicted octanol–water partition coefficient (Wildman–Crippen LogP) is 3.15. The molecule has 1 fully saturated rings. The summed E-state index contributed by atoms with van der Waals surface area (Å²) in [5, 5.41) is 13.7. The van der Waals surface area contributed by atoms with Crippen molar-refractivity contribution in [2.24, 2.45) is 5.92 Å². The Morgan fingerprint density at radius 1 is 1.10 bits per heavy atom. The maximum atomic E-state index is 12.9. The summed E-state index contributed by atoms with van der Waals surface area (Å²) in [5.74, 6) is -0.827. The van der Waals surface area contributed by atoms with E-state index in [2.05, 4.69) is 5.32 Å². The Bertz CT molecular complexity index is 1120. The van der Waals surface area contributed by atoms with Crippen molar-refractivity contribution in [1.29, 1.82) is 0 Å². The summed E-state index contributed by atoms with van der Waals surface area (Å²) < 4.78 is 27.0. The molecule has 0 unspecified atom stereocenters. The first-order valence-electron chi connectivity index (χ1n) is 9.76. The van der Waals surface area contributed by atoms with Gasteiger partial charge in [-0.25, -0.2) is 8.42 Å². The molecule has 0 atom stereocenters. The second kappa shape index (κ2) is 8.94. The smallest absolute Gasteiger partial charge is 0.271 e. The number of carbonyl (C=O) groups excluding carboxylic acids is 2. The van der Waals surface area contributed by atoms with E-state index in [4.69, 9.17) is 0 Å². The van der Waals surface area contributed by atoms with Crippen molar-refractivity contribution in [3.63, 3.8) is 0 Å². The molecule has 0 radical (unpaired) electrons. The van der Waals surface area contributed by atoms with Crippen molar-refractivity contribution in [2.45, 2.75) is 31.6 Å². The minimum atomic E-state index is -3.72. The van der Waals surface area contributed by atoms with Crippen LogP contribution in [-0.2, 0) is 14.8 Å². The van der Waals surface area contributed by atoms with Gasteiger partial charge >= 0.3 is 0 Å². The second-order valence-electron chi connectivity index (χ2n) is 7.50. The number of aryl methyl sites for hydroxylation is 1. The second-order valence-corrected chi connectivity index (χ2v) is 9.44. The highest BCUT2D eigenvalue weighted by Gasteiger charge is 2.32. The highest BCUT2D eigenvalue weighted by atomic mass is 32.2. The lowest BCUT2D eigenvalue weighted by atomic mass is 9.97. The summed E-state index contributed by atoms with van der Waals surface area (Å²) >= 11 is 0. The van der Waals surface area contributed by atoms with Crippen molar-refractivity contribution in [3.8, 4) is 0 Å². The van der Waals surface area contributed by atoms with Gasteiger partial charge in [-0.05, 0) is 44.4 Å². The molecule has 1 heterocycles. The van der Waals surface area contributed by atoms with Crippen LogP contribution in [0.25, 0.3) is 0 Å². The zero-order valence-electron chi connectivity index (χ0n) is 17.2. The molecule has 1 amide bonds. The molecule has 1 aliphatic heterocycles. The number of piperidine rings is 1.